The standard InChI is InChI=1S/C18H22N4O2/c23-17(9-14-22-11-4-10-19-22)21-12-7-16(8-13-21)20-18(24)15-5-2-1-3-6-15/h1-6,10-11,16H,7-9,12-14H2,(H,20,24). The summed E-state index contributed by atoms with van der Waals surface area (Å²) in [5.74, 6) is 0.109. The fraction of sp³-hybridized carbons (Fsp3) is 0.389. The number of likely N-dealkylation sites (tertiary alicyclic amines) is 1. The lowest BCUT2D eigenvalue weighted by molar-refractivity contribution is -0.132. The molecule has 2 heterocycles. The van der Waals surface area contributed by atoms with Crippen LogP contribution in [0.3, 0.4) is 0 Å². The smallest absolute Gasteiger partial charge is 0.251 e. The fourth-order valence-corrected chi connectivity index (χ4v) is 2.93. The molecule has 1 aliphatic rings. The molecule has 6 nitrogen and oxygen atoms in total. The van der Waals surface area contributed by atoms with Crippen LogP contribution < -0.4 is 5.32 Å². The van der Waals surface area contributed by atoms with Crippen LogP contribution in [0.1, 0.15) is 29.6 Å². The van der Waals surface area contributed by atoms with Gasteiger partial charge in [-0.1, -0.05) is 18.2 Å². The molecule has 0 bridgehead atoms. The fourth-order valence-electron chi connectivity index (χ4n) is 2.93. The van der Waals surface area contributed by atoms with Gasteiger partial charge < -0.3 is 10.2 Å². The molecule has 1 N–H and O–H groups in total. The summed E-state index contributed by atoms with van der Waals surface area (Å²) in [5.41, 5.74) is 0.676. The van der Waals surface area contributed by atoms with Crippen LogP contribution in [-0.2, 0) is 11.3 Å². The Kier molecular flexibility index (Phi) is 5.25. The number of carbonyl (C=O) groups is 2. The van der Waals surface area contributed by atoms with Crippen LogP contribution in [0.15, 0.2) is 48.8 Å². The number of piperidine rings is 1. The molecule has 0 unspecified atom stereocenters. The molecule has 1 aromatic carbocycles. The zero-order valence-electron chi connectivity index (χ0n) is 13.6. The van der Waals surface area contributed by atoms with Gasteiger partial charge in [-0.2, -0.15) is 5.10 Å². The van der Waals surface area contributed by atoms with Gasteiger partial charge in [0.15, 0.2) is 0 Å². The van der Waals surface area contributed by atoms with Crippen molar-refractivity contribution < 1.29 is 9.59 Å². The average Bonchev–Trinajstić information content (AvgIpc) is 3.14. The second-order valence-electron chi connectivity index (χ2n) is 6.01. The Hall–Kier alpha value is -2.63. The first-order chi connectivity index (χ1) is 11.7. The van der Waals surface area contributed by atoms with E-state index >= 15 is 0 Å². The Morgan fingerprint density at radius 3 is 2.54 bits per heavy atom. The Morgan fingerprint density at radius 2 is 1.88 bits per heavy atom. The third-order valence-electron chi connectivity index (χ3n) is 4.33. The van der Waals surface area contributed by atoms with Gasteiger partial charge >= 0.3 is 0 Å². The SMILES string of the molecule is O=C(NC1CCN(C(=O)CCn2cccn2)CC1)c1ccccc1. The van der Waals surface area contributed by atoms with Crippen molar-refractivity contribution in [3.05, 3.63) is 54.4 Å². The van der Waals surface area contributed by atoms with Gasteiger partial charge in [-0.05, 0) is 31.0 Å². The summed E-state index contributed by atoms with van der Waals surface area (Å²) in [6, 6.07) is 11.2. The third kappa shape index (κ3) is 4.22. The van der Waals surface area contributed by atoms with E-state index in [-0.39, 0.29) is 17.9 Å². The first kappa shape index (κ1) is 16.2. The molecule has 126 valence electrons. The molecular weight excluding hydrogens is 304 g/mol. The first-order valence-corrected chi connectivity index (χ1v) is 8.33. The van der Waals surface area contributed by atoms with Crippen molar-refractivity contribution in [3.8, 4) is 0 Å². The summed E-state index contributed by atoms with van der Waals surface area (Å²) in [6.45, 7) is 1.99. The van der Waals surface area contributed by atoms with Crippen molar-refractivity contribution in [1.82, 2.24) is 20.0 Å². The predicted octanol–water partition coefficient (Wildman–Crippen LogP) is 1.69. The minimum absolute atomic E-state index is 0.0425. The Labute approximate surface area is 141 Å². The molecule has 0 radical (unpaired) electrons. The highest BCUT2D eigenvalue weighted by Crippen LogP contribution is 2.13. The van der Waals surface area contributed by atoms with E-state index in [2.05, 4.69) is 10.4 Å². The van der Waals surface area contributed by atoms with E-state index in [1.54, 1.807) is 10.9 Å². The quantitative estimate of drug-likeness (QED) is 0.909. The van der Waals surface area contributed by atoms with Gasteiger partial charge in [0, 0.05) is 50.1 Å². The van der Waals surface area contributed by atoms with E-state index in [1.807, 2.05) is 47.5 Å². The van der Waals surface area contributed by atoms with E-state index in [1.165, 1.54) is 0 Å². The van der Waals surface area contributed by atoms with E-state index in [4.69, 9.17) is 0 Å². The van der Waals surface area contributed by atoms with Crippen LogP contribution >= 0.6 is 0 Å². The molecule has 0 atom stereocenters. The normalized spacial score (nSPS) is 15.2. The molecule has 1 fully saturated rings. The van der Waals surface area contributed by atoms with Crippen LogP contribution in [0.25, 0.3) is 0 Å². The van der Waals surface area contributed by atoms with E-state index in [9.17, 15) is 9.59 Å². The Balaban J connectivity index is 1.42. The van der Waals surface area contributed by atoms with Gasteiger partial charge in [-0.3, -0.25) is 14.3 Å². The monoisotopic (exact) mass is 326 g/mol. The van der Waals surface area contributed by atoms with Crippen LogP contribution in [0.2, 0.25) is 0 Å². The number of aryl methyl sites for hydroxylation is 1. The zero-order valence-corrected chi connectivity index (χ0v) is 13.6. The summed E-state index contributed by atoms with van der Waals surface area (Å²) >= 11 is 0. The molecular formula is C18H22N4O2. The molecule has 2 amide bonds. The summed E-state index contributed by atoms with van der Waals surface area (Å²) in [6.07, 6.45) is 5.63. The summed E-state index contributed by atoms with van der Waals surface area (Å²) in [4.78, 5) is 26.3. The molecule has 0 spiro atoms. The number of rotatable bonds is 5. The molecule has 1 saturated heterocycles. The Bertz CT molecular complexity index is 662. The Morgan fingerprint density at radius 1 is 1.12 bits per heavy atom. The molecule has 3 rings (SSSR count). The molecule has 1 aliphatic heterocycles. The van der Waals surface area contributed by atoms with Crippen molar-refractivity contribution in [3.63, 3.8) is 0 Å². The molecule has 0 aliphatic carbocycles. The third-order valence-corrected chi connectivity index (χ3v) is 4.33. The van der Waals surface area contributed by atoms with Crippen LogP contribution in [-0.4, -0.2) is 45.6 Å². The number of aromatic nitrogens is 2. The molecule has 2 aromatic rings. The summed E-state index contributed by atoms with van der Waals surface area (Å²) < 4.78 is 1.77. The van der Waals surface area contributed by atoms with Gasteiger partial charge in [-0.15, -0.1) is 0 Å². The van der Waals surface area contributed by atoms with Gasteiger partial charge in [0.2, 0.25) is 5.91 Å². The van der Waals surface area contributed by atoms with E-state index < -0.39 is 0 Å². The molecule has 1 aromatic heterocycles. The van der Waals surface area contributed by atoms with Crippen LogP contribution in [0.4, 0.5) is 0 Å². The lowest BCUT2D eigenvalue weighted by atomic mass is 10.0. The molecule has 0 saturated carbocycles. The maximum atomic E-state index is 12.2. The van der Waals surface area contributed by atoms with Crippen molar-refractivity contribution in [2.24, 2.45) is 0 Å². The second-order valence-corrected chi connectivity index (χ2v) is 6.01. The largest absolute Gasteiger partial charge is 0.349 e. The average molecular weight is 326 g/mol. The number of nitrogens with one attached hydrogen (secondary N) is 1. The van der Waals surface area contributed by atoms with Gasteiger partial charge in [0.25, 0.3) is 5.91 Å². The lowest BCUT2D eigenvalue weighted by Crippen LogP contribution is -2.46. The number of benzene rings is 1. The first-order valence-electron chi connectivity index (χ1n) is 8.33. The summed E-state index contributed by atoms with van der Waals surface area (Å²) in [7, 11) is 0. The lowest BCUT2D eigenvalue weighted by Gasteiger charge is -2.32. The summed E-state index contributed by atoms with van der Waals surface area (Å²) in [5, 5.41) is 7.16. The number of amides is 2. The van der Waals surface area contributed by atoms with E-state index in [0.717, 1.165) is 12.8 Å². The number of carbonyl (C=O) groups excluding carboxylic acids is 2. The van der Waals surface area contributed by atoms with Crippen molar-refractivity contribution in [1.29, 1.82) is 0 Å². The minimum atomic E-state index is -0.0425. The second kappa shape index (κ2) is 7.77. The molecule has 6 heteroatoms. The van der Waals surface area contributed by atoms with Gasteiger partial charge in [-0.25, -0.2) is 0 Å². The maximum Gasteiger partial charge on any atom is 0.251 e. The van der Waals surface area contributed by atoms with E-state index in [0.29, 0.717) is 31.6 Å². The number of hydrogen-bond acceptors (Lipinski definition) is 3. The highest BCUT2D eigenvalue weighted by molar-refractivity contribution is 5.94. The van der Waals surface area contributed by atoms with Crippen LogP contribution in [0.5, 0.6) is 0 Å². The van der Waals surface area contributed by atoms with Crippen LogP contribution in [0, 0.1) is 0 Å². The van der Waals surface area contributed by atoms with Gasteiger partial charge in [0.05, 0.1) is 0 Å². The highest BCUT2D eigenvalue weighted by Gasteiger charge is 2.23. The zero-order chi connectivity index (χ0) is 16.8. The maximum absolute atomic E-state index is 12.2. The topological polar surface area (TPSA) is 67.2 Å². The molecule has 24 heavy (non-hydrogen) atoms. The van der Waals surface area contributed by atoms with Crippen molar-refractivity contribution in [2.45, 2.75) is 31.8 Å². The van der Waals surface area contributed by atoms with Crippen molar-refractivity contribution >= 4 is 11.8 Å². The minimum Gasteiger partial charge on any atom is -0.349 e. The number of hydrogen-bond donors (Lipinski definition) is 1. The van der Waals surface area contributed by atoms with Gasteiger partial charge in [0.1, 0.15) is 0 Å². The predicted molar refractivity (Wildman–Crippen MR) is 90.4 cm³/mol. The number of nitrogens with zero attached hydrogens (tertiary/aromatic N) is 3. The van der Waals surface area contributed by atoms with Crippen molar-refractivity contribution in [2.75, 3.05) is 13.1 Å². The highest BCUT2D eigenvalue weighted by atomic mass is 16.2.